The summed E-state index contributed by atoms with van der Waals surface area (Å²) < 4.78 is 0. The summed E-state index contributed by atoms with van der Waals surface area (Å²) in [6, 6.07) is 10.1. The molecule has 2 rings (SSSR count). The fourth-order valence-electron chi connectivity index (χ4n) is 3.79. The molecule has 1 aliphatic heterocycles. The molecule has 1 heterocycles. The van der Waals surface area contributed by atoms with Crippen molar-refractivity contribution in [2.24, 2.45) is 5.92 Å². The Bertz CT molecular complexity index is 589. The van der Waals surface area contributed by atoms with Gasteiger partial charge in [0.1, 0.15) is 0 Å². The first-order valence-electron chi connectivity index (χ1n) is 9.65. The molecule has 0 spiro atoms. The Morgan fingerprint density at radius 1 is 1.35 bits per heavy atom. The summed E-state index contributed by atoms with van der Waals surface area (Å²) in [5.74, 6) is 0.136. The van der Waals surface area contributed by atoms with Crippen molar-refractivity contribution < 1.29 is 15.0 Å². The molecule has 1 aromatic carbocycles. The maximum atomic E-state index is 12.7. The lowest BCUT2D eigenvalue weighted by Gasteiger charge is -2.42. The third kappa shape index (κ3) is 4.95. The van der Waals surface area contributed by atoms with E-state index < -0.39 is 5.60 Å². The number of aliphatic hydroxyl groups excluding tert-OH is 1. The highest BCUT2D eigenvalue weighted by atomic mass is 16.3. The molecule has 2 N–H and O–H groups in total. The summed E-state index contributed by atoms with van der Waals surface area (Å²) >= 11 is 0. The van der Waals surface area contributed by atoms with Gasteiger partial charge in [0.05, 0.1) is 12.2 Å². The SMILES string of the molecule is C=CC(C)(O)CCCC(C)C(=O)N1CCC(CO)(c2ccccc2)CC1. The summed E-state index contributed by atoms with van der Waals surface area (Å²) in [4.78, 5) is 14.7. The smallest absolute Gasteiger partial charge is 0.225 e. The molecular formula is C22H33NO3. The number of aliphatic hydroxyl groups is 2. The van der Waals surface area contributed by atoms with Crippen molar-refractivity contribution in [2.45, 2.75) is 57.0 Å². The third-order valence-corrected chi connectivity index (χ3v) is 5.90. The quantitative estimate of drug-likeness (QED) is 0.700. The Balaban J connectivity index is 1.88. The minimum Gasteiger partial charge on any atom is -0.395 e. The largest absolute Gasteiger partial charge is 0.395 e. The van der Waals surface area contributed by atoms with E-state index >= 15 is 0 Å². The second kappa shape index (κ2) is 8.83. The highest BCUT2D eigenvalue weighted by molar-refractivity contribution is 5.78. The maximum absolute atomic E-state index is 12.7. The normalized spacial score (nSPS) is 20.2. The van der Waals surface area contributed by atoms with Crippen LogP contribution in [0, 0.1) is 5.92 Å². The van der Waals surface area contributed by atoms with Gasteiger partial charge in [0, 0.05) is 24.4 Å². The van der Waals surface area contributed by atoms with E-state index in [1.807, 2.05) is 30.0 Å². The van der Waals surface area contributed by atoms with E-state index in [0.29, 0.717) is 19.5 Å². The van der Waals surface area contributed by atoms with Gasteiger partial charge >= 0.3 is 0 Å². The van der Waals surface area contributed by atoms with Gasteiger partial charge in [0.25, 0.3) is 0 Å². The van der Waals surface area contributed by atoms with Crippen LogP contribution < -0.4 is 0 Å². The molecule has 2 atom stereocenters. The highest BCUT2D eigenvalue weighted by Gasteiger charge is 2.37. The monoisotopic (exact) mass is 359 g/mol. The molecule has 0 bridgehead atoms. The van der Waals surface area contributed by atoms with Crippen molar-refractivity contribution in [3.05, 3.63) is 48.6 Å². The van der Waals surface area contributed by atoms with Crippen molar-refractivity contribution in [2.75, 3.05) is 19.7 Å². The van der Waals surface area contributed by atoms with Crippen LogP contribution >= 0.6 is 0 Å². The number of piperidine rings is 1. The van der Waals surface area contributed by atoms with Crippen LogP contribution in [0.5, 0.6) is 0 Å². The number of carbonyl (C=O) groups is 1. The molecule has 1 aliphatic rings. The van der Waals surface area contributed by atoms with Crippen molar-refractivity contribution in [3.63, 3.8) is 0 Å². The van der Waals surface area contributed by atoms with E-state index in [1.54, 1.807) is 13.0 Å². The molecule has 0 saturated carbocycles. The predicted octanol–water partition coefficient (Wildman–Crippen LogP) is 3.28. The zero-order chi connectivity index (χ0) is 19.2. The van der Waals surface area contributed by atoms with Crippen molar-refractivity contribution in [1.29, 1.82) is 0 Å². The van der Waals surface area contributed by atoms with E-state index in [4.69, 9.17) is 0 Å². The number of carbonyl (C=O) groups excluding carboxylic acids is 1. The predicted molar refractivity (Wildman–Crippen MR) is 105 cm³/mol. The van der Waals surface area contributed by atoms with Gasteiger partial charge in [-0.05, 0) is 44.6 Å². The van der Waals surface area contributed by atoms with E-state index in [0.717, 1.165) is 31.2 Å². The van der Waals surface area contributed by atoms with Gasteiger partial charge in [-0.2, -0.15) is 0 Å². The Hall–Kier alpha value is -1.65. The second-order valence-corrected chi connectivity index (χ2v) is 7.98. The zero-order valence-electron chi connectivity index (χ0n) is 16.2. The van der Waals surface area contributed by atoms with Gasteiger partial charge in [0.2, 0.25) is 5.91 Å². The minimum atomic E-state index is -0.857. The average Bonchev–Trinajstić information content (AvgIpc) is 2.68. The number of hydrogen-bond acceptors (Lipinski definition) is 3. The van der Waals surface area contributed by atoms with Gasteiger partial charge < -0.3 is 15.1 Å². The average molecular weight is 360 g/mol. The number of likely N-dealkylation sites (tertiary alicyclic amines) is 1. The molecule has 1 amide bonds. The van der Waals surface area contributed by atoms with Crippen LogP contribution in [0.25, 0.3) is 0 Å². The Kier molecular flexibility index (Phi) is 7.01. The van der Waals surface area contributed by atoms with Crippen LogP contribution in [-0.4, -0.2) is 46.3 Å². The lowest BCUT2D eigenvalue weighted by Crippen LogP contribution is -2.48. The number of benzene rings is 1. The van der Waals surface area contributed by atoms with E-state index in [2.05, 4.69) is 18.7 Å². The minimum absolute atomic E-state index is 0.0473. The lowest BCUT2D eigenvalue weighted by molar-refractivity contribution is -0.137. The van der Waals surface area contributed by atoms with Crippen LogP contribution in [0.2, 0.25) is 0 Å². The van der Waals surface area contributed by atoms with Crippen LogP contribution in [0.3, 0.4) is 0 Å². The molecule has 1 fully saturated rings. The molecule has 0 radical (unpaired) electrons. The first kappa shape index (κ1) is 20.7. The maximum Gasteiger partial charge on any atom is 0.225 e. The number of rotatable bonds is 8. The van der Waals surface area contributed by atoms with Crippen molar-refractivity contribution in [3.8, 4) is 0 Å². The van der Waals surface area contributed by atoms with Crippen LogP contribution in [-0.2, 0) is 10.2 Å². The van der Waals surface area contributed by atoms with E-state index in [9.17, 15) is 15.0 Å². The van der Waals surface area contributed by atoms with E-state index in [1.165, 1.54) is 0 Å². The Morgan fingerprint density at radius 3 is 2.50 bits per heavy atom. The van der Waals surface area contributed by atoms with Crippen LogP contribution in [0.1, 0.15) is 51.5 Å². The van der Waals surface area contributed by atoms with Gasteiger partial charge in [-0.1, -0.05) is 43.3 Å². The summed E-state index contributed by atoms with van der Waals surface area (Å²) in [6.45, 7) is 8.84. The molecule has 1 aromatic rings. The van der Waals surface area contributed by atoms with Crippen LogP contribution in [0.15, 0.2) is 43.0 Å². The highest BCUT2D eigenvalue weighted by Crippen LogP contribution is 2.35. The lowest BCUT2D eigenvalue weighted by atomic mass is 9.73. The summed E-state index contributed by atoms with van der Waals surface area (Å²) in [5.41, 5.74) is 0.0723. The molecule has 2 unspecified atom stereocenters. The fraction of sp³-hybridized carbons (Fsp3) is 0.591. The van der Waals surface area contributed by atoms with Crippen LogP contribution in [0.4, 0.5) is 0 Å². The number of nitrogens with zero attached hydrogens (tertiary/aromatic N) is 1. The standard InChI is InChI=1S/C22H33NO3/c1-4-21(3,26)12-8-9-18(2)20(25)23-15-13-22(17-24,14-16-23)19-10-6-5-7-11-19/h4-7,10-11,18,24,26H,1,8-9,12-17H2,2-3H3. The molecule has 4 nitrogen and oxygen atoms in total. The molecule has 4 heteroatoms. The summed E-state index contributed by atoms with van der Waals surface area (Å²) in [7, 11) is 0. The van der Waals surface area contributed by atoms with Gasteiger partial charge in [-0.25, -0.2) is 0 Å². The molecule has 0 aliphatic carbocycles. The fourth-order valence-corrected chi connectivity index (χ4v) is 3.79. The second-order valence-electron chi connectivity index (χ2n) is 7.98. The molecular weight excluding hydrogens is 326 g/mol. The van der Waals surface area contributed by atoms with Gasteiger partial charge in [-0.3, -0.25) is 4.79 Å². The number of hydrogen-bond donors (Lipinski definition) is 2. The Labute approximate surface area is 157 Å². The van der Waals surface area contributed by atoms with Gasteiger partial charge in [-0.15, -0.1) is 6.58 Å². The summed E-state index contributed by atoms with van der Waals surface area (Å²) in [6.07, 6.45) is 5.32. The zero-order valence-corrected chi connectivity index (χ0v) is 16.2. The van der Waals surface area contributed by atoms with Gasteiger partial charge in [0.15, 0.2) is 0 Å². The molecule has 1 saturated heterocycles. The summed E-state index contributed by atoms with van der Waals surface area (Å²) in [5, 5.41) is 20.0. The van der Waals surface area contributed by atoms with E-state index in [-0.39, 0.29) is 23.8 Å². The molecule has 26 heavy (non-hydrogen) atoms. The first-order valence-corrected chi connectivity index (χ1v) is 9.65. The topological polar surface area (TPSA) is 60.8 Å². The Morgan fingerprint density at radius 2 is 1.96 bits per heavy atom. The van der Waals surface area contributed by atoms with Crippen molar-refractivity contribution in [1.82, 2.24) is 4.90 Å². The first-order chi connectivity index (χ1) is 12.3. The molecule has 0 aromatic heterocycles. The van der Waals surface area contributed by atoms with Crippen molar-refractivity contribution >= 4 is 5.91 Å². The third-order valence-electron chi connectivity index (χ3n) is 5.90. The molecule has 144 valence electrons. The number of amides is 1.